The maximum Gasteiger partial charge on any atom is 0.239 e. The summed E-state index contributed by atoms with van der Waals surface area (Å²) in [6.07, 6.45) is 0.741. The number of ether oxygens (including phenoxy) is 1. The fourth-order valence-electron chi connectivity index (χ4n) is 1.45. The second kappa shape index (κ2) is 5.67. The van der Waals surface area contributed by atoms with E-state index in [2.05, 4.69) is 26.2 Å². The van der Waals surface area contributed by atoms with Crippen molar-refractivity contribution in [3.8, 4) is 5.75 Å². The fourth-order valence-corrected chi connectivity index (χ4v) is 2.47. The Hall–Kier alpha value is -1.14. The Balaban J connectivity index is 2.22. The monoisotopic (exact) mass is 328 g/mol. The van der Waals surface area contributed by atoms with Gasteiger partial charge in [-0.2, -0.15) is 0 Å². The number of nitrogens with zero attached hydrogens (tertiary/aromatic N) is 1. The third kappa shape index (κ3) is 2.81. The average Bonchev–Trinajstić information content (AvgIpc) is 2.78. The lowest BCUT2D eigenvalue weighted by atomic mass is 10.3. The zero-order chi connectivity index (χ0) is 13.1. The molecule has 2 rings (SSSR count). The van der Waals surface area contributed by atoms with Gasteiger partial charge in [0.2, 0.25) is 5.91 Å². The van der Waals surface area contributed by atoms with E-state index in [1.165, 1.54) is 11.3 Å². The minimum atomic E-state index is -0.181. The third-order valence-electron chi connectivity index (χ3n) is 2.47. The van der Waals surface area contributed by atoms with Gasteiger partial charge in [0.1, 0.15) is 5.75 Å². The van der Waals surface area contributed by atoms with Crippen LogP contribution in [0.1, 0.15) is 13.3 Å². The van der Waals surface area contributed by atoms with Crippen molar-refractivity contribution in [3.05, 3.63) is 18.2 Å². The van der Waals surface area contributed by atoms with Crippen LogP contribution in [-0.4, -0.2) is 22.8 Å². The molecule has 96 valence electrons. The number of aromatic nitrogens is 1. The molecular formula is C12H13BrN2O2S. The first kappa shape index (κ1) is 13.3. The number of carbonyl (C=O) groups is 1. The minimum Gasteiger partial charge on any atom is -0.497 e. The van der Waals surface area contributed by atoms with Gasteiger partial charge >= 0.3 is 0 Å². The Morgan fingerprint density at radius 3 is 3.06 bits per heavy atom. The molecule has 4 nitrogen and oxygen atoms in total. The van der Waals surface area contributed by atoms with Crippen molar-refractivity contribution in [1.29, 1.82) is 0 Å². The number of benzene rings is 1. The van der Waals surface area contributed by atoms with E-state index in [0.717, 1.165) is 22.4 Å². The van der Waals surface area contributed by atoms with E-state index in [0.29, 0.717) is 5.13 Å². The van der Waals surface area contributed by atoms with Crippen molar-refractivity contribution in [2.45, 2.75) is 18.2 Å². The molecule has 1 heterocycles. The summed E-state index contributed by atoms with van der Waals surface area (Å²) in [5, 5.41) is 3.41. The zero-order valence-electron chi connectivity index (χ0n) is 10.1. The molecule has 0 bridgehead atoms. The molecule has 0 saturated carbocycles. The van der Waals surface area contributed by atoms with Crippen LogP contribution in [0.5, 0.6) is 5.75 Å². The molecule has 0 radical (unpaired) electrons. The van der Waals surface area contributed by atoms with E-state index in [4.69, 9.17) is 4.74 Å². The maximum absolute atomic E-state index is 11.7. The number of alkyl halides is 1. The first-order chi connectivity index (χ1) is 8.63. The SMILES string of the molecule is CC[C@H](Br)C(=O)Nc1nc2ccc(OC)cc2s1. The quantitative estimate of drug-likeness (QED) is 0.875. The Labute approximate surface area is 117 Å². The molecule has 0 fully saturated rings. The van der Waals surface area contributed by atoms with Gasteiger partial charge in [-0.25, -0.2) is 4.98 Å². The second-order valence-corrected chi connectivity index (χ2v) is 5.85. The van der Waals surface area contributed by atoms with Crippen molar-refractivity contribution < 1.29 is 9.53 Å². The zero-order valence-corrected chi connectivity index (χ0v) is 12.5. The van der Waals surface area contributed by atoms with E-state index in [9.17, 15) is 4.79 Å². The second-order valence-electron chi connectivity index (χ2n) is 3.72. The minimum absolute atomic E-state index is 0.0662. The molecule has 1 atom stereocenters. The van der Waals surface area contributed by atoms with Gasteiger partial charge in [0.15, 0.2) is 5.13 Å². The van der Waals surface area contributed by atoms with E-state index in [1.807, 2.05) is 25.1 Å². The molecule has 0 unspecified atom stereocenters. The van der Waals surface area contributed by atoms with Crippen LogP contribution in [0.2, 0.25) is 0 Å². The van der Waals surface area contributed by atoms with Crippen molar-refractivity contribution in [2.75, 3.05) is 12.4 Å². The first-order valence-corrected chi connectivity index (χ1v) is 7.26. The van der Waals surface area contributed by atoms with Gasteiger partial charge < -0.3 is 10.1 Å². The highest BCUT2D eigenvalue weighted by Gasteiger charge is 2.14. The molecule has 0 aliphatic heterocycles. The van der Waals surface area contributed by atoms with Crippen LogP contribution in [0.4, 0.5) is 5.13 Å². The Morgan fingerprint density at radius 2 is 2.39 bits per heavy atom. The van der Waals surface area contributed by atoms with Crippen molar-refractivity contribution in [2.24, 2.45) is 0 Å². The Kier molecular flexibility index (Phi) is 4.19. The summed E-state index contributed by atoms with van der Waals surface area (Å²) < 4.78 is 6.15. The number of rotatable bonds is 4. The summed E-state index contributed by atoms with van der Waals surface area (Å²) in [7, 11) is 1.63. The number of nitrogens with one attached hydrogen (secondary N) is 1. The Bertz CT molecular complexity index is 570. The Morgan fingerprint density at radius 1 is 1.61 bits per heavy atom. The number of halogens is 1. The lowest BCUT2D eigenvalue weighted by molar-refractivity contribution is -0.115. The molecule has 0 spiro atoms. The number of hydrogen-bond donors (Lipinski definition) is 1. The third-order valence-corrected chi connectivity index (χ3v) is 4.47. The van der Waals surface area contributed by atoms with Crippen LogP contribution in [0, 0.1) is 0 Å². The number of fused-ring (bicyclic) bond motifs is 1. The van der Waals surface area contributed by atoms with Crippen LogP contribution in [-0.2, 0) is 4.79 Å². The number of hydrogen-bond acceptors (Lipinski definition) is 4. The summed E-state index contributed by atoms with van der Waals surface area (Å²) >= 11 is 4.75. The molecule has 1 N–H and O–H groups in total. The van der Waals surface area contributed by atoms with Gasteiger partial charge in [0, 0.05) is 0 Å². The highest BCUT2D eigenvalue weighted by atomic mass is 79.9. The van der Waals surface area contributed by atoms with Crippen molar-refractivity contribution in [3.63, 3.8) is 0 Å². The average molecular weight is 329 g/mol. The van der Waals surface area contributed by atoms with Crippen LogP contribution in [0.25, 0.3) is 10.2 Å². The summed E-state index contributed by atoms with van der Waals surface area (Å²) in [6, 6.07) is 5.65. The molecule has 1 amide bonds. The highest BCUT2D eigenvalue weighted by molar-refractivity contribution is 9.10. The summed E-state index contributed by atoms with van der Waals surface area (Å²) in [5.74, 6) is 0.722. The molecule has 2 aromatic rings. The van der Waals surface area contributed by atoms with Gasteiger partial charge in [0.05, 0.1) is 22.2 Å². The number of amides is 1. The topological polar surface area (TPSA) is 51.2 Å². The van der Waals surface area contributed by atoms with Crippen LogP contribution >= 0.6 is 27.3 Å². The van der Waals surface area contributed by atoms with Crippen LogP contribution in [0.15, 0.2) is 18.2 Å². The van der Waals surface area contributed by atoms with Gasteiger partial charge in [-0.05, 0) is 24.6 Å². The first-order valence-electron chi connectivity index (χ1n) is 5.53. The van der Waals surface area contributed by atoms with Crippen LogP contribution in [0.3, 0.4) is 0 Å². The van der Waals surface area contributed by atoms with Crippen molar-refractivity contribution in [1.82, 2.24) is 4.98 Å². The predicted octanol–water partition coefficient (Wildman–Crippen LogP) is 3.42. The number of carbonyl (C=O) groups excluding carboxylic acids is 1. The van der Waals surface area contributed by atoms with Gasteiger partial charge in [-0.3, -0.25) is 4.79 Å². The molecule has 18 heavy (non-hydrogen) atoms. The molecule has 1 aromatic heterocycles. The largest absolute Gasteiger partial charge is 0.497 e. The fraction of sp³-hybridized carbons (Fsp3) is 0.333. The summed E-state index contributed by atoms with van der Waals surface area (Å²) in [4.78, 5) is 15.9. The normalized spacial score (nSPS) is 12.4. The molecular weight excluding hydrogens is 316 g/mol. The standard InChI is InChI=1S/C12H13BrN2O2S/c1-3-8(13)11(16)15-12-14-9-5-4-7(17-2)6-10(9)18-12/h4-6,8H,3H2,1-2H3,(H,14,15,16)/t8-/m0/s1. The van der Waals surface area contributed by atoms with E-state index in [1.54, 1.807) is 7.11 Å². The number of thiazole rings is 1. The van der Waals surface area contributed by atoms with E-state index < -0.39 is 0 Å². The highest BCUT2D eigenvalue weighted by Crippen LogP contribution is 2.29. The van der Waals surface area contributed by atoms with Crippen LogP contribution < -0.4 is 10.1 Å². The molecule has 0 saturated heterocycles. The molecule has 0 aliphatic rings. The number of methoxy groups -OCH3 is 1. The predicted molar refractivity (Wildman–Crippen MR) is 77.8 cm³/mol. The lowest BCUT2D eigenvalue weighted by Gasteiger charge is -2.04. The smallest absolute Gasteiger partial charge is 0.239 e. The molecule has 6 heteroatoms. The summed E-state index contributed by atoms with van der Waals surface area (Å²) in [5.41, 5.74) is 0.860. The number of anilines is 1. The molecule has 1 aromatic carbocycles. The van der Waals surface area contributed by atoms with E-state index in [-0.39, 0.29) is 10.7 Å². The van der Waals surface area contributed by atoms with Gasteiger partial charge in [-0.15, -0.1) is 0 Å². The van der Waals surface area contributed by atoms with Gasteiger partial charge in [0.25, 0.3) is 0 Å². The lowest BCUT2D eigenvalue weighted by Crippen LogP contribution is -2.21. The molecule has 0 aliphatic carbocycles. The van der Waals surface area contributed by atoms with E-state index >= 15 is 0 Å². The van der Waals surface area contributed by atoms with Gasteiger partial charge in [-0.1, -0.05) is 34.2 Å². The van der Waals surface area contributed by atoms with Crippen molar-refractivity contribution >= 4 is 48.5 Å². The maximum atomic E-state index is 11.7. The summed E-state index contributed by atoms with van der Waals surface area (Å²) in [6.45, 7) is 1.95.